The molecule has 5 heteroatoms. The second kappa shape index (κ2) is 6.57. The predicted octanol–water partition coefficient (Wildman–Crippen LogP) is 4.26. The van der Waals surface area contributed by atoms with Gasteiger partial charge in [-0.2, -0.15) is 0 Å². The molecule has 0 unspecified atom stereocenters. The molecule has 2 rings (SSSR count). The number of benzene rings is 1. The first-order valence-electron chi connectivity index (χ1n) is 6.48. The molecule has 1 heterocycles. The van der Waals surface area contributed by atoms with Crippen molar-refractivity contribution in [3.05, 3.63) is 45.4 Å². The zero-order chi connectivity index (χ0) is 14.6. The molecule has 0 amide bonds. The lowest BCUT2D eigenvalue weighted by molar-refractivity contribution is 0.303. The Balaban J connectivity index is 2.09. The van der Waals surface area contributed by atoms with Gasteiger partial charge in [-0.3, -0.25) is 4.98 Å². The first-order valence-corrected chi connectivity index (χ1v) is 7.74. The van der Waals surface area contributed by atoms with Gasteiger partial charge in [-0.1, -0.05) is 23.7 Å². The second-order valence-corrected chi connectivity index (χ2v) is 6.97. The smallest absolute Gasteiger partial charge is 0.142 e. The molecule has 0 aliphatic rings. The van der Waals surface area contributed by atoms with E-state index < -0.39 is 0 Å². The summed E-state index contributed by atoms with van der Waals surface area (Å²) in [5, 5.41) is 4.09. The van der Waals surface area contributed by atoms with Crippen molar-refractivity contribution in [3.63, 3.8) is 0 Å². The second-order valence-electron chi connectivity index (χ2n) is 5.59. The molecule has 3 nitrogen and oxygen atoms in total. The third kappa shape index (κ3) is 4.47. The van der Waals surface area contributed by atoms with E-state index in [0.29, 0.717) is 11.6 Å². The van der Waals surface area contributed by atoms with Crippen LogP contribution in [0.5, 0.6) is 5.75 Å². The summed E-state index contributed by atoms with van der Waals surface area (Å²) in [5.41, 5.74) is 2.92. The van der Waals surface area contributed by atoms with Crippen molar-refractivity contribution in [2.45, 2.75) is 39.5 Å². The number of nitrogens with one attached hydrogen (secondary N) is 1. The first kappa shape index (κ1) is 15.3. The van der Waals surface area contributed by atoms with Crippen LogP contribution in [0.4, 0.5) is 0 Å². The Morgan fingerprint density at radius 1 is 1.35 bits per heavy atom. The van der Waals surface area contributed by atoms with Gasteiger partial charge in [-0.05, 0) is 26.8 Å². The average Bonchev–Trinajstić information content (AvgIpc) is 2.87. The van der Waals surface area contributed by atoms with Gasteiger partial charge in [0.1, 0.15) is 12.4 Å². The Bertz CT molecular complexity index is 549. The van der Waals surface area contributed by atoms with Crippen LogP contribution >= 0.6 is 22.9 Å². The number of nitrogens with zero attached hydrogens (tertiary/aromatic N) is 1. The standard InChI is InChI=1S/C15H19ClN2OS/c1-15(2,3)18-7-11-5-4-6-13(16)14(11)19-9-12-8-17-10-20-12/h4-6,8,10,18H,7,9H2,1-3H3. The fourth-order valence-corrected chi connectivity index (χ4v) is 2.43. The first-order chi connectivity index (χ1) is 9.46. The molecule has 0 saturated heterocycles. The molecule has 2 aromatic rings. The van der Waals surface area contributed by atoms with Gasteiger partial charge in [0, 0.05) is 23.8 Å². The van der Waals surface area contributed by atoms with Gasteiger partial charge < -0.3 is 10.1 Å². The number of para-hydroxylation sites is 1. The lowest BCUT2D eigenvalue weighted by Crippen LogP contribution is -2.35. The van der Waals surface area contributed by atoms with E-state index in [2.05, 4.69) is 31.1 Å². The SMILES string of the molecule is CC(C)(C)NCc1cccc(Cl)c1OCc1cncs1. The van der Waals surface area contributed by atoms with E-state index >= 15 is 0 Å². The maximum absolute atomic E-state index is 6.25. The van der Waals surface area contributed by atoms with Crippen LogP contribution in [0, 0.1) is 0 Å². The molecular formula is C15H19ClN2OS. The highest BCUT2D eigenvalue weighted by Gasteiger charge is 2.13. The monoisotopic (exact) mass is 310 g/mol. The molecule has 20 heavy (non-hydrogen) atoms. The summed E-state index contributed by atoms with van der Waals surface area (Å²) >= 11 is 7.83. The fourth-order valence-electron chi connectivity index (χ4n) is 1.67. The van der Waals surface area contributed by atoms with Gasteiger partial charge in [0.15, 0.2) is 0 Å². The molecule has 0 bridgehead atoms. The molecule has 108 valence electrons. The van der Waals surface area contributed by atoms with Crippen LogP contribution in [0.1, 0.15) is 31.2 Å². The third-order valence-corrected chi connectivity index (χ3v) is 3.75. The molecule has 1 N–H and O–H groups in total. The van der Waals surface area contributed by atoms with Gasteiger partial charge in [0.2, 0.25) is 0 Å². The fraction of sp³-hybridized carbons (Fsp3) is 0.400. The maximum atomic E-state index is 6.25. The van der Waals surface area contributed by atoms with Crippen LogP contribution < -0.4 is 10.1 Å². The zero-order valence-corrected chi connectivity index (χ0v) is 13.5. The number of thiazole rings is 1. The Morgan fingerprint density at radius 3 is 2.80 bits per heavy atom. The Labute approximate surface area is 129 Å². The van der Waals surface area contributed by atoms with Crippen molar-refractivity contribution < 1.29 is 4.74 Å². The minimum Gasteiger partial charge on any atom is -0.486 e. The van der Waals surface area contributed by atoms with E-state index in [4.69, 9.17) is 16.3 Å². The maximum Gasteiger partial charge on any atom is 0.142 e. The van der Waals surface area contributed by atoms with Crippen molar-refractivity contribution in [1.29, 1.82) is 0 Å². The van der Waals surface area contributed by atoms with E-state index in [9.17, 15) is 0 Å². The minimum atomic E-state index is 0.0528. The van der Waals surface area contributed by atoms with Crippen LogP contribution in [0.3, 0.4) is 0 Å². The molecule has 0 fully saturated rings. The molecule has 0 aliphatic carbocycles. The molecule has 0 saturated carbocycles. The Hall–Kier alpha value is -1.10. The van der Waals surface area contributed by atoms with Crippen LogP contribution in [-0.4, -0.2) is 10.5 Å². The highest BCUT2D eigenvalue weighted by atomic mass is 35.5. The Kier molecular flexibility index (Phi) is 5.02. The average molecular weight is 311 g/mol. The third-order valence-electron chi connectivity index (χ3n) is 2.70. The molecule has 0 spiro atoms. The number of ether oxygens (including phenoxy) is 1. The number of aromatic nitrogens is 1. The molecule has 0 radical (unpaired) electrons. The van der Waals surface area contributed by atoms with Crippen molar-refractivity contribution in [3.8, 4) is 5.75 Å². The van der Waals surface area contributed by atoms with Crippen LogP contribution in [-0.2, 0) is 13.2 Å². The van der Waals surface area contributed by atoms with Gasteiger partial charge in [0.25, 0.3) is 0 Å². The summed E-state index contributed by atoms with van der Waals surface area (Å²) < 4.78 is 5.88. The van der Waals surface area contributed by atoms with E-state index in [0.717, 1.165) is 22.7 Å². The highest BCUT2D eigenvalue weighted by molar-refractivity contribution is 7.09. The van der Waals surface area contributed by atoms with Crippen molar-refractivity contribution in [2.24, 2.45) is 0 Å². The molecular weight excluding hydrogens is 292 g/mol. The topological polar surface area (TPSA) is 34.1 Å². The number of hydrogen-bond acceptors (Lipinski definition) is 4. The van der Waals surface area contributed by atoms with E-state index in [1.807, 2.05) is 24.4 Å². The summed E-state index contributed by atoms with van der Waals surface area (Å²) in [6.07, 6.45) is 1.81. The van der Waals surface area contributed by atoms with E-state index in [-0.39, 0.29) is 5.54 Å². The van der Waals surface area contributed by atoms with Crippen LogP contribution in [0.25, 0.3) is 0 Å². The minimum absolute atomic E-state index is 0.0528. The van der Waals surface area contributed by atoms with E-state index in [1.54, 1.807) is 16.8 Å². The van der Waals surface area contributed by atoms with Crippen molar-refractivity contribution >= 4 is 22.9 Å². The lowest BCUT2D eigenvalue weighted by Gasteiger charge is -2.22. The summed E-state index contributed by atoms with van der Waals surface area (Å²) in [7, 11) is 0. The van der Waals surface area contributed by atoms with Gasteiger partial charge >= 0.3 is 0 Å². The van der Waals surface area contributed by atoms with Crippen LogP contribution in [0.15, 0.2) is 29.9 Å². The Morgan fingerprint density at radius 2 is 2.15 bits per heavy atom. The molecule has 1 aromatic carbocycles. The van der Waals surface area contributed by atoms with Gasteiger partial charge in [-0.15, -0.1) is 11.3 Å². The summed E-state index contributed by atoms with van der Waals surface area (Å²) in [6.45, 7) is 7.62. The summed E-state index contributed by atoms with van der Waals surface area (Å²) in [4.78, 5) is 5.12. The van der Waals surface area contributed by atoms with Crippen molar-refractivity contribution in [1.82, 2.24) is 10.3 Å². The summed E-state index contributed by atoms with van der Waals surface area (Å²) in [6, 6.07) is 5.83. The predicted molar refractivity (Wildman–Crippen MR) is 84.5 cm³/mol. The van der Waals surface area contributed by atoms with Crippen molar-refractivity contribution in [2.75, 3.05) is 0 Å². The number of hydrogen-bond donors (Lipinski definition) is 1. The largest absolute Gasteiger partial charge is 0.486 e. The van der Waals surface area contributed by atoms with Crippen LogP contribution in [0.2, 0.25) is 5.02 Å². The van der Waals surface area contributed by atoms with Gasteiger partial charge in [-0.25, -0.2) is 0 Å². The molecule has 0 aliphatic heterocycles. The summed E-state index contributed by atoms with van der Waals surface area (Å²) in [5.74, 6) is 0.749. The highest BCUT2D eigenvalue weighted by Crippen LogP contribution is 2.30. The van der Waals surface area contributed by atoms with E-state index in [1.165, 1.54) is 0 Å². The lowest BCUT2D eigenvalue weighted by atomic mass is 10.1. The quantitative estimate of drug-likeness (QED) is 0.896. The normalized spacial score (nSPS) is 11.6. The molecule has 0 atom stereocenters. The van der Waals surface area contributed by atoms with Gasteiger partial charge in [0.05, 0.1) is 15.4 Å². The zero-order valence-electron chi connectivity index (χ0n) is 11.9. The number of rotatable bonds is 5. The number of halogens is 1. The molecule has 1 aromatic heterocycles.